The van der Waals surface area contributed by atoms with Gasteiger partial charge in [-0.1, -0.05) is 69.4 Å². The van der Waals surface area contributed by atoms with Gasteiger partial charge in [-0.25, -0.2) is 0 Å². The fraction of sp³-hybridized carbons (Fsp3) is 0.407. The SMILES string of the molecule is COc1cc(/C=C/C(=O)CC(CC(=S)Cc2ccccc2)C(C)(C)C)cc(OC)c1OC. The highest BCUT2D eigenvalue weighted by Crippen LogP contribution is 2.38. The molecule has 0 saturated carbocycles. The van der Waals surface area contributed by atoms with Crippen molar-refractivity contribution in [3.8, 4) is 17.2 Å². The Balaban J connectivity index is 2.10. The van der Waals surface area contributed by atoms with Crippen LogP contribution in [0.15, 0.2) is 48.5 Å². The molecule has 0 aliphatic carbocycles. The molecule has 0 spiro atoms. The van der Waals surface area contributed by atoms with Crippen LogP contribution in [0.5, 0.6) is 17.2 Å². The third-order valence-corrected chi connectivity index (χ3v) is 5.85. The van der Waals surface area contributed by atoms with Gasteiger partial charge in [-0.2, -0.15) is 0 Å². The molecule has 1 atom stereocenters. The molecule has 32 heavy (non-hydrogen) atoms. The van der Waals surface area contributed by atoms with Crippen molar-refractivity contribution in [2.24, 2.45) is 11.3 Å². The zero-order valence-electron chi connectivity index (χ0n) is 19.9. The largest absolute Gasteiger partial charge is 0.493 e. The van der Waals surface area contributed by atoms with Gasteiger partial charge in [0.15, 0.2) is 17.3 Å². The van der Waals surface area contributed by atoms with Gasteiger partial charge in [0.25, 0.3) is 0 Å². The zero-order valence-corrected chi connectivity index (χ0v) is 20.8. The van der Waals surface area contributed by atoms with Crippen LogP contribution in [0, 0.1) is 11.3 Å². The Morgan fingerprint density at radius 1 is 0.969 bits per heavy atom. The Bertz CT molecular complexity index is 917. The summed E-state index contributed by atoms with van der Waals surface area (Å²) in [5.74, 6) is 1.87. The molecule has 0 N–H and O–H groups in total. The van der Waals surface area contributed by atoms with Crippen LogP contribution >= 0.6 is 12.2 Å². The molecule has 2 aromatic carbocycles. The van der Waals surface area contributed by atoms with Gasteiger partial charge >= 0.3 is 0 Å². The summed E-state index contributed by atoms with van der Waals surface area (Å²) in [6.07, 6.45) is 5.36. The monoisotopic (exact) mass is 454 g/mol. The van der Waals surface area contributed by atoms with E-state index in [4.69, 9.17) is 26.4 Å². The molecule has 0 aliphatic rings. The minimum Gasteiger partial charge on any atom is -0.493 e. The average molecular weight is 455 g/mol. The molecule has 0 aromatic heterocycles. The Morgan fingerprint density at radius 3 is 2.06 bits per heavy atom. The number of thiocarbonyl (C=S) groups is 1. The van der Waals surface area contributed by atoms with Gasteiger partial charge < -0.3 is 14.2 Å². The van der Waals surface area contributed by atoms with Crippen LogP contribution in [-0.2, 0) is 11.2 Å². The van der Waals surface area contributed by atoms with E-state index in [-0.39, 0.29) is 17.1 Å². The van der Waals surface area contributed by atoms with Crippen molar-refractivity contribution in [2.75, 3.05) is 21.3 Å². The van der Waals surface area contributed by atoms with Crippen molar-refractivity contribution in [2.45, 2.75) is 40.0 Å². The molecular weight excluding hydrogens is 420 g/mol. The standard InChI is InChI=1S/C27H34O4S/c1-27(2,3)21(18-23(32)14-19-10-8-7-9-11-19)17-22(28)13-12-20-15-24(29-4)26(31-6)25(16-20)30-5/h7-13,15-16,21H,14,17-18H2,1-6H3/b13-12+. The number of rotatable bonds is 11. The van der Waals surface area contributed by atoms with Crippen LogP contribution in [0.1, 0.15) is 44.7 Å². The van der Waals surface area contributed by atoms with Gasteiger partial charge in [-0.05, 0) is 52.0 Å². The number of hydrogen-bond acceptors (Lipinski definition) is 5. The molecule has 0 bridgehead atoms. The highest BCUT2D eigenvalue weighted by atomic mass is 32.1. The van der Waals surface area contributed by atoms with Crippen molar-refractivity contribution >= 4 is 28.9 Å². The first-order valence-corrected chi connectivity index (χ1v) is 11.1. The summed E-state index contributed by atoms with van der Waals surface area (Å²) < 4.78 is 16.1. The highest BCUT2D eigenvalue weighted by molar-refractivity contribution is 7.80. The lowest BCUT2D eigenvalue weighted by atomic mass is 9.75. The van der Waals surface area contributed by atoms with Crippen LogP contribution in [0.25, 0.3) is 6.08 Å². The Morgan fingerprint density at radius 2 is 1.56 bits per heavy atom. The fourth-order valence-electron chi connectivity index (χ4n) is 3.55. The lowest BCUT2D eigenvalue weighted by molar-refractivity contribution is -0.116. The fourth-order valence-corrected chi connectivity index (χ4v) is 3.92. The lowest BCUT2D eigenvalue weighted by Gasteiger charge is -2.30. The Kier molecular flexibility index (Phi) is 9.45. The number of carbonyl (C=O) groups is 1. The number of allylic oxidation sites excluding steroid dienone is 1. The second-order valence-corrected chi connectivity index (χ2v) is 9.51. The molecule has 172 valence electrons. The van der Waals surface area contributed by atoms with Gasteiger partial charge in [0.1, 0.15) is 0 Å². The molecule has 4 nitrogen and oxygen atoms in total. The van der Waals surface area contributed by atoms with E-state index in [9.17, 15) is 4.79 Å². The number of hydrogen-bond donors (Lipinski definition) is 0. The lowest BCUT2D eigenvalue weighted by Crippen LogP contribution is -2.25. The van der Waals surface area contributed by atoms with Crippen LogP contribution in [-0.4, -0.2) is 32.0 Å². The third kappa shape index (κ3) is 7.49. The van der Waals surface area contributed by atoms with E-state index in [2.05, 4.69) is 32.9 Å². The maximum atomic E-state index is 12.8. The highest BCUT2D eigenvalue weighted by Gasteiger charge is 2.27. The first kappa shape index (κ1) is 25.6. The quantitative estimate of drug-likeness (QED) is 0.292. The molecular formula is C27H34O4S. The molecule has 2 rings (SSSR count). The summed E-state index contributed by atoms with van der Waals surface area (Å²) in [5.41, 5.74) is 1.98. The molecule has 2 aromatic rings. The van der Waals surface area contributed by atoms with E-state index >= 15 is 0 Å². The summed E-state index contributed by atoms with van der Waals surface area (Å²) in [4.78, 5) is 13.8. The predicted octanol–water partition coefficient (Wildman–Crippen LogP) is 6.35. The minimum absolute atomic E-state index is 0.0310. The maximum absolute atomic E-state index is 12.8. The van der Waals surface area contributed by atoms with Crippen molar-refractivity contribution < 1.29 is 19.0 Å². The summed E-state index contributed by atoms with van der Waals surface area (Å²) in [7, 11) is 4.71. The number of methoxy groups -OCH3 is 3. The third-order valence-electron chi connectivity index (χ3n) is 5.54. The summed E-state index contributed by atoms with van der Waals surface area (Å²) >= 11 is 5.69. The van der Waals surface area contributed by atoms with Gasteiger partial charge in [0.2, 0.25) is 5.75 Å². The predicted molar refractivity (Wildman–Crippen MR) is 135 cm³/mol. The molecule has 1 unspecified atom stereocenters. The topological polar surface area (TPSA) is 44.8 Å². The number of ketones is 1. The molecule has 0 saturated heterocycles. The normalized spacial score (nSPS) is 12.4. The second-order valence-electron chi connectivity index (χ2n) is 8.93. The van der Waals surface area contributed by atoms with Gasteiger partial charge in [0.05, 0.1) is 21.3 Å². The molecule has 0 aliphatic heterocycles. The Hall–Kier alpha value is -2.66. The maximum Gasteiger partial charge on any atom is 0.203 e. The van der Waals surface area contributed by atoms with Gasteiger partial charge in [-0.3, -0.25) is 4.79 Å². The second kappa shape index (κ2) is 11.8. The van der Waals surface area contributed by atoms with E-state index in [1.54, 1.807) is 33.5 Å². The number of carbonyl (C=O) groups excluding carboxylic acids is 1. The van der Waals surface area contributed by atoms with Gasteiger partial charge in [0, 0.05) is 12.8 Å². The van der Waals surface area contributed by atoms with E-state index in [1.165, 1.54) is 5.56 Å². The van der Waals surface area contributed by atoms with E-state index in [0.717, 1.165) is 23.3 Å². The minimum atomic E-state index is -0.0310. The van der Waals surface area contributed by atoms with Crippen molar-refractivity contribution in [1.29, 1.82) is 0 Å². The summed E-state index contributed by atoms with van der Waals surface area (Å²) in [5, 5.41) is 0. The number of benzene rings is 2. The van der Waals surface area contributed by atoms with Gasteiger partial charge in [-0.15, -0.1) is 0 Å². The van der Waals surface area contributed by atoms with E-state index in [1.807, 2.05) is 30.3 Å². The molecule has 0 heterocycles. The molecule has 0 amide bonds. The first-order valence-electron chi connectivity index (χ1n) is 10.7. The van der Waals surface area contributed by atoms with E-state index < -0.39 is 0 Å². The first-order chi connectivity index (χ1) is 15.2. The zero-order chi connectivity index (χ0) is 23.7. The van der Waals surface area contributed by atoms with Crippen molar-refractivity contribution in [1.82, 2.24) is 0 Å². The van der Waals surface area contributed by atoms with Crippen LogP contribution in [0.2, 0.25) is 0 Å². The Labute approximate surface area is 197 Å². The molecule has 0 fully saturated rings. The van der Waals surface area contributed by atoms with Crippen LogP contribution in [0.4, 0.5) is 0 Å². The van der Waals surface area contributed by atoms with Crippen molar-refractivity contribution in [3.63, 3.8) is 0 Å². The van der Waals surface area contributed by atoms with Crippen LogP contribution in [0.3, 0.4) is 0 Å². The molecule has 5 heteroatoms. The summed E-state index contributed by atoms with van der Waals surface area (Å²) in [6, 6.07) is 13.9. The van der Waals surface area contributed by atoms with Crippen molar-refractivity contribution in [3.05, 3.63) is 59.7 Å². The van der Waals surface area contributed by atoms with Crippen LogP contribution < -0.4 is 14.2 Å². The summed E-state index contributed by atoms with van der Waals surface area (Å²) in [6.45, 7) is 6.50. The number of ether oxygens (including phenoxy) is 3. The van der Waals surface area contributed by atoms with E-state index in [0.29, 0.717) is 23.7 Å². The smallest absolute Gasteiger partial charge is 0.203 e. The average Bonchev–Trinajstić information content (AvgIpc) is 2.76. The molecule has 0 radical (unpaired) electrons.